The topological polar surface area (TPSA) is 0 Å². The summed E-state index contributed by atoms with van der Waals surface area (Å²) in [5, 5.41) is 12.9. The number of hydrogen-bond donors (Lipinski definition) is 0. The van der Waals surface area contributed by atoms with Crippen molar-refractivity contribution < 1.29 is 0 Å². The molecule has 0 fully saturated rings. The van der Waals surface area contributed by atoms with Crippen molar-refractivity contribution in [3.63, 3.8) is 0 Å². The zero-order valence-corrected chi connectivity index (χ0v) is 35.6. The fourth-order valence-electron chi connectivity index (χ4n) is 10.3. The Morgan fingerprint density at radius 3 is 0.362 bits per heavy atom. The van der Waals surface area contributed by atoms with Crippen LogP contribution in [0.5, 0.6) is 0 Å². The van der Waals surface area contributed by atoms with Crippen LogP contribution in [-0.2, 0) is 0 Å². The van der Waals surface area contributed by atoms with Crippen molar-refractivity contribution in [2.45, 2.75) is 5.14 Å². The molecule has 9 aromatic carbocycles. The average Bonchev–Trinajstić information content (AvgIpc) is 3.33. The maximum absolute atomic E-state index is 3.30. The molecular formula is C55H49P3. The molecule has 58 heavy (non-hydrogen) atoms. The van der Waals surface area contributed by atoms with Crippen LogP contribution in [0, 0.1) is 0 Å². The Labute approximate surface area is 346 Å². The van der Waals surface area contributed by atoms with Crippen LogP contribution in [0.15, 0.2) is 273 Å². The first-order valence-electron chi connectivity index (χ1n) is 20.3. The quantitative estimate of drug-likeness (QED) is 0.108. The van der Waals surface area contributed by atoms with Gasteiger partial charge in [0, 0.05) is 0 Å². The Kier molecular flexibility index (Phi) is 11.1. The van der Waals surface area contributed by atoms with Crippen molar-refractivity contribution in [3.8, 4) is 0 Å². The maximum atomic E-state index is 2.47. The van der Waals surface area contributed by atoms with E-state index in [0.717, 1.165) is 0 Å². The third-order valence-corrected chi connectivity index (χ3v) is 33.9. The first-order chi connectivity index (χ1) is 28.8. The van der Waals surface area contributed by atoms with Crippen LogP contribution < -0.4 is 47.7 Å². The van der Waals surface area contributed by atoms with Gasteiger partial charge in [0.15, 0.2) is 0 Å². The zero-order valence-electron chi connectivity index (χ0n) is 32.6. The molecule has 0 bridgehead atoms. The van der Waals surface area contributed by atoms with E-state index < -0.39 is 21.8 Å². The molecule has 0 heterocycles. The predicted molar refractivity (Wildman–Crippen MR) is 263 cm³/mol. The standard InChI is InChI=1S/C55H49P3/c1-10-28-46(29-11-1)56(47-30-12-2-13-31-47,48-32-14-3-15-33-48)55(57(49-34-16-4-17-35-49,50-36-18-5-19-37-50)51-38-20-6-21-39-51)58(52-40-22-7-23-41-52,53-42-24-8-25-43-53)54-44-26-9-27-45-54/h1-45,55-58H. The second-order valence-corrected chi connectivity index (χ2v) is 28.7. The van der Waals surface area contributed by atoms with Gasteiger partial charge in [0.2, 0.25) is 0 Å². The van der Waals surface area contributed by atoms with Crippen LogP contribution in [0.1, 0.15) is 0 Å². The molecule has 0 unspecified atom stereocenters. The summed E-state index contributed by atoms with van der Waals surface area (Å²) >= 11 is 0. The van der Waals surface area contributed by atoms with Crippen molar-refractivity contribution in [1.82, 2.24) is 0 Å². The zero-order chi connectivity index (χ0) is 39.1. The van der Waals surface area contributed by atoms with E-state index >= 15 is 0 Å². The SMILES string of the molecule is c1ccc([PH](c2ccccc2)(c2ccccc2)C([PH](c2ccccc2)(c2ccccc2)c2ccccc2)[PH](c2ccccc2)(c2ccccc2)c2ccccc2)cc1. The average molecular weight is 803 g/mol. The van der Waals surface area contributed by atoms with Crippen molar-refractivity contribution in [1.29, 1.82) is 0 Å². The first-order valence-corrected chi connectivity index (χ1v) is 26.5. The van der Waals surface area contributed by atoms with E-state index in [4.69, 9.17) is 0 Å². The molecule has 0 aliphatic heterocycles. The van der Waals surface area contributed by atoms with E-state index in [9.17, 15) is 0 Å². The molecule has 0 spiro atoms. The summed E-state index contributed by atoms with van der Waals surface area (Å²) in [6.07, 6.45) is 0. The Hall–Kier alpha value is -5.73. The van der Waals surface area contributed by atoms with E-state index in [2.05, 4.69) is 273 Å². The molecule has 0 saturated heterocycles. The molecule has 0 amide bonds. The second-order valence-electron chi connectivity index (χ2n) is 15.2. The molecule has 0 aliphatic carbocycles. The minimum absolute atomic E-state index is 0.0825. The van der Waals surface area contributed by atoms with Gasteiger partial charge in [-0.05, 0) is 0 Å². The van der Waals surface area contributed by atoms with Crippen LogP contribution in [0.4, 0.5) is 0 Å². The molecule has 0 aromatic heterocycles. The van der Waals surface area contributed by atoms with Gasteiger partial charge in [-0.3, -0.25) is 0 Å². The molecule has 0 N–H and O–H groups in total. The van der Waals surface area contributed by atoms with Crippen LogP contribution >= 0.6 is 21.8 Å². The molecule has 9 rings (SSSR count). The van der Waals surface area contributed by atoms with Crippen molar-refractivity contribution in [2.24, 2.45) is 0 Å². The van der Waals surface area contributed by atoms with Crippen molar-refractivity contribution in [2.75, 3.05) is 0 Å². The van der Waals surface area contributed by atoms with E-state index in [1.165, 1.54) is 47.7 Å². The summed E-state index contributed by atoms with van der Waals surface area (Å²) in [6, 6.07) is 105. The van der Waals surface area contributed by atoms with E-state index in [1.54, 1.807) is 0 Å². The number of benzene rings is 9. The van der Waals surface area contributed by atoms with Gasteiger partial charge in [-0.1, -0.05) is 0 Å². The summed E-state index contributed by atoms with van der Waals surface area (Å²) in [4.78, 5) is 0. The van der Waals surface area contributed by atoms with Gasteiger partial charge in [-0.15, -0.1) is 0 Å². The van der Waals surface area contributed by atoms with Gasteiger partial charge in [0.1, 0.15) is 0 Å². The summed E-state index contributed by atoms with van der Waals surface area (Å²) in [5.74, 6) is 0. The summed E-state index contributed by atoms with van der Waals surface area (Å²) in [5.41, 5.74) is 0. The monoisotopic (exact) mass is 802 g/mol. The molecular weight excluding hydrogens is 754 g/mol. The molecule has 9 aromatic rings. The first kappa shape index (κ1) is 37.8. The normalized spacial score (nSPS) is 13.2. The number of hydrogen-bond acceptors (Lipinski definition) is 0. The Morgan fingerprint density at radius 1 is 0.155 bits per heavy atom. The molecule has 0 saturated carbocycles. The second kappa shape index (κ2) is 17.0. The molecule has 3 heteroatoms. The summed E-state index contributed by atoms with van der Waals surface area (Å²) < 4.78 is 0. The fourth-order valence-corrected chi connectivity index (χ4v) is 39.5. The van der Waals surface area contributed by atoms with Crippen LogP contribution in [-0.4, -0.2) is 5.14 Å². The molecule has 0 aliphatic rings. The van der Waals surface area contributed by atoms with Crippen LogP contribution in [0.3, 0.4) is 0 Å². The van der Waals surface area contributed by atoms with Gasteiger partial charge < -0.3 is 0 Å². The van der Waals surface area contributed by atoms with Gasteiger partial charge >= 0.3 is 348 Å². The van der Waals surface area contributed by atoms with E-state index in [0.29, 0.717) is 0 Å². The van der Waals surface area contributed by atoms with Gasteiger partial charge in [-0.2, -0.15) is 0 Å². The Morgan fingerprint density at radius 2 is 0.259 bits per heavy atom. The third-order valence-electron chi connectivity index (χ3n) is 12.4. The van der Waals surface area contributed by atoms with Gasteiger partial charge in [0.25, 0.3) is 0 Å². The molecule has 0 nitrogen and oxygen atoms in total. The number of rotatable bonds is 12. The van der Waals surface area contributed by atoms with E-state index in [1.807, 2.05) is 0 Å². The Balaban J connectivity index is 1.68. The molecule has 0 atom stereocenters. The minimum atomic E-state index is -3.30. The van der Waals surface area contributed by atoms with E-state index in [-0.39, 0.29) is 5.14 Å². The van der Waals surface area contributed by atoms with Gasteiger partial charge in [-0.25, -0.2) is 0 Å². The Bertz CT molecular complexity index is 2030. The molecule has 284 valence electrons. The third kappa shape index (κ3) is 6.38. The predicted octanol–water partition coefficient (Wildman–Crippen LogP) is 9.45. The van der Waals surface area contributed by atoms with Crippen molar-refractivity contribution in [3.05, 3.63) is 273 Å². The summed E-state index contributed by atoms with van der Waals surface area (Å²) in [6.45, 7) is 0. The van der Waals surface area contributed by atoms with Crippen LogP contribution in [0.2, 0.25) is 0 Å². The van der Waals surface area contributed by atoms with Gasteiger partial charge in [0.05, 0.1) is 0 Å². The molecule has 0 radical (unpaired) electrons. The fraction of sp³-hybridized carbons (Fsp3) is 0.0182. The van der Waals surface area contributed by atoms with Crippen LogP contribution in [0.25, 0.3) is 0 Å². The van der Waals surface area contributed by atoms with Crippen molar-refractivity contribution >= 4 is 69.5 Å². The summed E-state index contributed by atoms with van der Waals surface area (Å²) in [7, 11) is -9.89.